The van der Waals surface area contributed by atoms with Crippen molar-refractivity contribution in [2.75, 3.05) is 29.9 Å². The summed E-state index contributed by atoms with van der Waals surface area (Å²) in [6, 6.07) is 7.21. The molecule has 2 aromatic rings. The van der Waals surface area contributed by atoms with Crippen LogP contribution in [0.4, 0.5) is 11.5 Å². The first-order chi connectivity index (χ1) is 15.3. The van der Waals surface area contributed by atoms with Crippen LogP contribution in [0, 0.1) is 20.8 Å². The highest BCUT2D eigenvalue weighted by molar-refractivity contribution is 6.01. The third-order valence-corrected chi connectivity index (χ3v) is 5.48. The van der Waals surface area contributed by atoms with E-state index in [1.54, 1.807) is 13.0 Å². The standard InChI is InChI=1S/C23H30N4O5/c1-15-6-4-8-19(17(15)3)27(14-22(29)24-13-18-7-5-11-31-18)23(30)10-9-21(28)25-20-12-16(2)32-26-20/h4,6,8,12,18H,5,7,9-11,13-14H2,1-3H3,(H,24,29)(H,25,26,28)/t18-/m0/s1. The van der Waals surface area contributed by atoms with Gasteiger partial charge in [0.15, 0.2) is 5.82 Å². The highest BCUT2D eigenvalue weighted by Gasteiger charge is 2.23. The van der Waals surface area contributed by atoms with Gasteiger partial charge in [-0.3, -0.25) is 14.4 Å². The highest BCUT2D eigenvalue weighted by Crippen LogP contribution is 2.24. The van der Waals surface area contributed by atoms with Gasteiger partial charge in [0.2, 0.25) is 17.7 Å². The van der Waals surface area contributed by atoms with Crippen LogP contribution in [0.15, 0.2) is 28.8 Å². The summed E-state index contributed by atoms with van der Waals surface area (Å²) in [6.45, 7) is 6.59. The minimum absolute atomic E-state index is 0.0210. The van der Waals surface area contributed by atoms with Crippen LogP contribution in [0.5, 0.6) is 0 Å². The SMILES string of the molecule is Cc1cc(NC(=O)CCC(=O)N(CC(=O)NC[C@@H]2CCCO2)c2cccc(C)c2C)no1. The van der Waals surface area contributed by atoms with Crippen molar-refractivity contribution in [2.24, 2.45) is 0 Å². The predicted octanol–water partition coefficient (Wildman–Crippen LogP) is 2.65. The molecule has 0 bridgehead atoms. The molecule has 0 aliphatic carbocycles. The number of nitrogens with one attached hydrogen (secondary N) is 2. The number of amides is 3. The molecular weight excluding hydrogens is 412 g/mol. The van der Waals surface area contributed by atoms with Gasteiger partial charge in [-0.05, 0) is 50.8 Å². The van der Waals surface area contributed by atoms with Crippen LogP contribution in [0.3, 0.4) is 0 Å². The lowest BCUT2D eigenvalue weighted by atomic mass is 10.1. The van der Waals surface area contributed by atoms with Crippen LogP contribution in [0.1, 0.15) is 42.6 Å². The Kier molecular flexibility index (Phi) is 7.99. The average Bonchev–Trinajstić information content (AvgIpc) is 3.42. The van der Waals surface area contributed by atoms with E-state index in [-0.39, 0.29) is 43.2 Å². The summed E-state index contributed by atoms with van der Waals surface area (Å²) in [4.78, 5) is 39.3. The third-order valence-electron chi connectivity index (χ3n) is 5.48. The lowest BCUT2D eigenvalue weighted by Crippen LogP contribution is -2.43. The Hall–Kier alpha value is -3.20. The van der Waals surface area contributed by atoms with E-state index in [0.717, 1.165) is 24.0 Å². The number of carbonyl (C=O) groups is 3. The van der Waals surface area contributed by atoms with Gasteiger partial charge in [0.1, 0.15) is 12.3 Å². The van der Waals surface area contributed by atoms with Crippen LogP contribution in [0.2, 0.25) is 0 Å². The van der Waals surface area contributed by atoms with Crippen molar-refractivity contribution in [3.63, 3.8) is 0 Å². The van der Waals surface area contributed by atoms with E-state index in [0.29, 0.717) is 30.4 Å². The molecule has 1 aliphatic heterocycles. The number of hydrogen-bond donors (Lipinski definition) is 2. The van der Waals surface area contributed by atoms with Gasteiger partial charge >= 0.3 is 0 Å². The minimum Gasteiger partial charge on any atom is -0.376 e. The smallest absolute Gasteiger partial charge is 0.240 e. The van der Waals surface area contributed by atoms with Crippen LogP contribution in [0.25, 0.3) is 0 Å². The van der Waals surface area contributed by atoms with Gasteiger partial charge in [0.25, 0.3) is 0 Å². The second-order valence-corrected chi connectivity index (χ2v) is 8.01. The highest BCUT2D eigenvalue weighted by atomic mass is 16.5. The maximum atomic E-state index is 13.1. The quantitative estimate of drug-likeness (QED) is 0.617. The molecule has 9 heteroatoms. The molecule has 3 rings (SSSR count). The van der Waals surface area contributed by atoms with Gasteiger partial charge in [-0.1, -0.05) is 17.3 Å². The summed E-state index contributed by atoms with van der Waals surface area (Å²) in [5.74, 6) is -0.0449. The summed E-state index contributed by atoms with van der Waals surface area (Å²) in [7, 11) is 0. The molecule has 1 aromatic heterocycles. The van der Waals surface area contributed by atoms with Crippen molar-refractivity contribution in [3.8, 4) is 0 Å². The number of ether oxygens (including phenoxy) is 1. The van der Waals surface area contributed by atoms with Gasteiger partial charge in [0, 0.05) is 37.7 Å². The summed E-state index contributed by atoms with van der Waals surface area (Å²) in [5, 5.41) is 9.17. The second kappa shape index (κ2) is 10.9. The van der Waals surface area contributed by atoms with Gasteiger partial charge in [0.05, 0.1) is 6.10 Å². The van der Waals surface area contributed by atoms with Gasteiger partial charge in [-0.25, -0.2) is 0 Å². The number of anilines is 2. The number of carbonyl (C=O) groups excluding carboxylic acids is 3. The Morgan fingerprint density at radius 2 is 1.97 bits per heavy atom. The van der Waals surface area contributed by atoms with Crippen molar-refractivity contribution >= 4 is 29.2 Å². The monoisotopic (exact) mass is 442 g/mol. The van der Waals surface area contributed by atoms with E-state index < -0.39 is 0 Å². The fourth-order valence-electron chi connectivity index (χ4n) is 3.55. The largest absolute Gasteiger partial charge is 0.376 e. The molecule has 0 radical (unpaired) electrons. The fourth-order valence-corrected chi connectivity index (χ4v) is 3.55. The van der Waals surface area contributed by atoms with E-state index in [4.69, 9.17) is 9.26 Å². The predicted molar refractivity (Wildman–Crippen MR) is 119 cm³/mol. The molecule has 1 atom stereocenters. The van der Waals surface area contributed by atoms with Gasteiger partial charge < -0.3 is 24.8 Å². The Morgan fingerprint density at radius 3 is 2.66 bits per heavy atom. The molecule has 2 heterocycles. The van der Waals surface area contributed by atoms with Crippen molar-refractivity contribution < 1.29 is 23.6 Å². The van der Waals surface area contributed by atoms with E-state index in [9.17, 15) is 14.4 Å². The molecule has 32 heavy (non-hydrogen) atoms. The van der Waals surface area contributed by atoms with Crippen LogP contribution in [-0.2, 0) is 19.1 Å². The van der Waals surface area contributed by atoms with Crippen LogP contribution < -0.4 is 15.5 Å². The Bertz CT molecular complexity index is 965. The van der Waals surface area contributed by atoms with E-state index in [2.05, 4.69) is 15.8 Å². The van der Waals surface area contributed by atoms with E-state index >= 15 is 0 Å². The Balaban J connectivity index is 1.63. The average molecular weight is 443 g/mol. The normalized spacial score (nSPS) is 15.4. The van der Waals surface area contributed by atoms with Gasteiger partial charge in [-0.2, -0.15) is 0 Å². The number of nitrogens with zero attached hydrogens (tertiary/aromatic N) is 2. The molecule has 3 amide bonds. The molecule has 2 N–H and O–H groups in total. The summed E-state index contributed by atoms with van der Waals surface area (Å²) in [6.07, 6.45) is 1.84. The second-order valence-electron chi connectivity index (χ2n) is 8.01. The third kappa shape index (κ3) is 6.40. The molecule has 1 aliphatic rings. The fraction of sp³-hybridized carbons (Fsp3) is 0.478. The van der Waals surface area contributed by atoms with Crippen molar-refractivity contribution in [1.82, 2.24) is 10.5 Å². The topological polar surface area (TPSA) is 114 Å². The summed E-state index contributed by atoms with van der Waals surface area (Å²) in [5.41, 5.74) is 2.59. The molecule has 9 nitrogen and oxygen atoms in total. The van der Waals surface area contributed by atoms with Crippen LogP contribution >= 0.6 is 0 Å². The maximum Gasteiger partial charge on any atom is 0.240 e. The van der Waals surface area contributed by atoms with E-state index in [1.165, 1.54) is 4.90 Å². The van der Waals surface area contributed by atoms with Crippen molar-refractivity contribution in [3.05, 3.63) is 41.2 Å². The number of benzene rings is 1. The summed E-state index contributed by atoms with van der Waals surface area (Å²) >= 11 is 0. The number of hydrogen-bond acceptors (Lipinski definition) is 6. The Morgan fingerprint density at radius 1 is 1.16 bits per heavy atom. The molecule has 0 spiro atoms. The first-order valence-corrected chi connectivity index (χ1v) is 10.8. The first-order valence-electron chi connectivity index (χ1n) is 10.8. The summed E-state index contributed by atoms with van der Waals surface area (Å²) < 4.78 is 10.5. The molecule has 1 aromatic carbocycles. The van der Waals surface area contributed by atoms with Crippen LogP contribution in [-0.4, -0.2) is 48.7 Å². The lowest BCUT2D eigenvalue weighted by molar-refractivity contribution is -0.125. The zero-order valence-electron chi connectivity index (χ0n) is 18.8. The molecule has 0 unspecified atom stereocenters. The molecule has 1 saturated heterocycles. The maximum absolute atomic E-state index is 13.1. The zero-order valence-corrected chi connectivity index (χ0v) is 18.8. The van der Waals surface area contributed by atoms with E-state index in [1.807, 2.05) is 32.0 Å². The van der Waals surface area contributed by atoms with Crippen molar-refractivity contribution in [1.29, 1.82) is 0 Å². The number of aryl methyl sites for hydroxylation is 2. The molecule has 172 valence electrons. The van der Waals surface area contributed by atoms with Crippen molar-refractivity contribution in [2.45, 2.75) is 52.6 Å². The number of rotatable bonds is 9. The molecule has 0 saturated carbocycles. The minimum atomic E-state index is -0.351. The zero-order chi connectivity index (χ0) is 23.1. The first kappa shape index (κ1) is 23.5. The lowest BCUT2D eigenvalue weighted by Gasteiger charge is -2.25. The number of aromatic nitrogens is 1. The molecule has 1 fully saturated rings. The van der Waals surface area contributed by atoms with Gasteiger partial charge in [-0.15, -0.1) is 0 Å². The Labute approximate surface area is 187 Å². The molecular formula is C23H30N4O5.